The van der Waals surface area contributed by atoms with Crippen molar-refractivity contribution in [2.75, 3.05) is 7.11 Å². The zero-order chi connectivity index (χ0) is 95.0. The number of phenols is 5. The number of ketones is 8. The molecule has 17 aromatic rings. The summed E-state index contributed by atoms with van der Waals surface area (Å²) < 4.78 is 5.03. The summed E-state index contributed by atoms with van der Waals surface area (Å²) in [4.78, 5) is 108. The highest BCUT2D eigenvalue weighted by Crippen LogP contribution is 2.26. The number of rotatable bonds is 19. The maximum atomic E-state index is 12.3. The molecule has 0 aromatic heterocycles. The van der Waals surface area contributed by atoms with Crippen LogP contribution in [0.2, 0.25) is 5.02 Å². The number of nitriles is 1. The number of carboxylic acid groups (broad SMARTS) is 1. The number of halogens is 1. The second-order valence-corrected chi connectivity index (χ2v) is 29.9. The highest BCUT2D eigenvalue weighted by atomic mass is 35.5. The Balaban J connectivity index is 0.000000158. The van der Waals surface area contributed by atoms with E-state index in [9.17, 15) is 48.3 Å². The standard InChI is InChI=1S/C19H14O2.C14H9ClO3.C14H9NO2.C14H12O3.C14H12O2.C13H10O2.C13H10OS.C13H10O/c20-18-12-10-17(11-13-18)19(21)16-8-6-15(7-9-16)14-4-2-1-3-5-14;15-12-7-5-10(6-8-12)13(16)9-1-3-11(4-2-9)14(17)18;15-9-10-1-3-11(4-2-10)14(17)12-5-7-13(16)8-6-12;1-17-13-8-4-11(5-9-13)14(16)10-2-6-12(15)7-3-10;1-10-2-4-11(5-3-10)14(16)12-6-8-13(15)9-7-12;14-12-8-6-11(7-9-12)13(15)10-4-2-1-3-5-10;14-13(10-4-2-1-3-5-10)11-6-8-12(15)9-7-11;14-13(11-7-3-1-4-8-11)12-9-5-2-6-10-12/h1-13,20H;1-8H,(H,17,18);1-8,16H;2-9,15H,1H3;2-9,15H,1H3;1-9,14H;1-9,15H;1-10H. The number of benzene rings is 17. The average molecular weight is 1790 g/mol. The summed E-state index contributed by atoms with van der Waals surface area (Å²) >= 11 is 9.92. The fraction of sp³-hybridized carbons (Fsp3) is 0.0175. The van der Waals surface area contributed by atoms with E-state index in [1.54, 1.807) is 165 Å². The zero-order valence-electron chi connectivity index (χ0n) is 71.7. The third-order valence-corrected chi connectivity index (χ3v) is 20.2. The Bertz CT molecular complexity index is 6560. The average Bonchev–Trinajstić information content (AvgIpc) is 0.840. The number of aromatic hydroxyl groups is 5. The van der Waals surface area contributed by atoms with Crippen LogP contribution >= 0.6 is 24.2 Å². The number of hydrogen-bond acceptors (Lipinski definition) is 17. The molecule has 0 aliphatic heterocycles. The van der Waals surface area contributed by atoms with Crippen molar-refractivity contribution in [3.63, 3.8) is 0 Å². The molecule has 0 aliphatic rings. The predicted molar refractivity (Wildman–Crippen MR) is 520 cm³/mol. The molecule has 133 heavy (non-hydrogen) atoms. The molecule has 0 unspecified atom stereocenters. The van der Waals surface area contributed by atoms with Gasteiger partial charge in [-0.25, -0.2) is 4.79 Å². The van der Waals surface area contributed by atoms with Crippen LogP contribution in [0.1, 0.15) is 149 Å². The van der Waals surface area contributed by atoms with Crippen molar-refractivity contribution in [2.24, 2.45) is 0 Å². The smallest absolute Gasteiger partial charge is 0.335 e. The number of aryl methyl sites for hydroxylation is 1. The van der Waals surface area contributed by atoms with Gasteiger partial charge in [0.05, 0.1) is 24.3 Å². The predicted octanol–water partition coefficient (Wildman–Crippen LogP) is 24.4. The summed E-state index contributed by atoms with van der Waals surface area (Å²) in [6, 6.07) is 128. The maximum Gasteiger partial charge on any atom is 0.335 e. The number of nitrogens with zero attached hydrogens (tertiary/aromatic N) is 1. The molecule has 0 amide bonds. The fourth-order valence-electron chi connectivity index (χ4n) is 12.3. The van der Waals surface area contributed by atoms with Crippen molar-refractivity contribution >= 4 is 76.5 Å². The molecule has 0 bridgehead atoms. The van der Waals surface area contributed by atoms with Crippen molar-refractivity contribution in [3.05, 3.63) is 554 Å². The van der Waals surface area contributed by atoms with Crippen molar-refractivity contribution in [3.8, 4) is 51.7 Å². The lowest BCUT2D eigenvalue weighted by molar-refractivity contribution is 0.0694. The van der Waals surface area contributed by atoms with Gasteiger partial charge in [0.25, 0.3) is 0 Å². The molecule has 0 spiro atoms. The van der Waals surface area contributed by atoms with Crippen LogP contribution in [0.15, 0.2) is 448 Å². The minimum absolute atomic E-state index is 0.0278. The second kappa shape index (κ2) is 50.1. The number of thiol groups is 1. The Hall–Kier alpha value is -17.5. The molecule has 6 N–H and O–H groups in total. The Morgan fingerprint density at radius 1 is 0.248 bits per heavy atom. The summed E-state index contributed by atoms with van der Waals surface area (Å²) in [6.45, 7) is 1.98. The van der Waals surface area contributed by atoms with Crippen LogP contribution in [0.3, 0.4) is 0 Å². The van der Waals surface area contributed by atoms with Crippen LogP contribution in [-0.4, -0.2) is 90.0 Å². The number of hydrogen-bond donors (Lipinski definition) is 7. The maximum absolute atomic E-state index is 12.3. The molecule has 0 saturated heterocycles. The van der Waals surface area contributed by atoms with E-state index in [2.05, 4.69) is 12.6 Å². The number of methoxy groups -OCH3 is 1. The number of carboxylic acids is 1. The SMILES string of the molecule is COc1ccc(C(=O)c2ccc(O)cc2)cc1.Cc1ccc(C(=O)c2ccc(O)cc2)cc1.N#Cc1ccc(C(=O)c2ccc(O)cc2)cc1.O=C(O)c1ccc(C(=O)c2ccc(Cl)cc2)cc1.O=C(c1ccc(O)cc1)c1ccc(-c2ccccc2)cc1.O=C(c1ccccc1)c1ccc(O)cc1.O=C(c1ccccc1)c1ccc(S)cc1.O=C(c1ccccc1)c1ccccc1. The highest BCUT2D eigenvalue weighted by molar-refractivity contribution is 7.80. The van der Waals surface area contributed by atoms with Gasteiger partial charge in [0.15, 0.2) is 46.3 Å². The summed E-state index contributed by atoms with van der Waals surface area (Å²) in [5.74, 6) is 0.113. The Morgan fingerprint density at radius 2 is 0.436 bits per heavy atom. The molecule has 17 nitrogen and oxygen atoms in total. The first-order valence-corrected chi connectivity index (χ1v) is 41.9. The number of phenolic OH excluding ortho intramolecular Hbond substituents is 5. The molecule has 0 radical (unpaired) electrons. The number of carbonyl (C=O) groups is 9. The zero-order valence-corrected chi connectivity index (χ0v) is 73.3. The molecule has 0 heterocycles. The lowest BCUT2D eigenvalue weighted by Crippen LogP contribution is -2.02. The molecule has 0 atom stereocenters. The Labute approximate surface area is 779 Å². The highest BCUT2D eigenvalue weighted by Gasteiger charge is 2.17. The van der Waals surface area contributed by atoms with Crippen molar-refractivity contribution in [1.82, 2.24) is 0 Å². The van der Waals surface area contributed by atoms with Gasteiger partial charge in [0.1, 0.15) is 34.5 Å². The quantitative estimate of drug-likeness (QED) is 0.0292. The van der Waals surface area contributed by atoms with Crippen LogP contribution in [0.5, 0.6) is 34.5 Å². The van der Waals surface area contributed by atoms with E-state index >= 15 is 0 Å². The van der Waals surface area contributed by atoms with Crippen molar-refractivity contribution < 1.29 is 78.5 Å². The molecular formula is C114H86ClNO16S. The van der Waals surface area contributed by atoms with E-state index in [4.69, 9.17) is 47.1 Å². The van der Waals surface area contributed by atoms with Gasteiger partial charge >= 0.3 is 5.97 Å². The van der Waals surface area contributed by atoms with Crippen LogP contribution in [0.4, 0.5) is 0 Å². The van der Waals surface area contributed by atoms with Gasteiger partial charge in [-0.2, -0.15) is 5.26 Å². The monoisotopic (exact) mass is 1790 g/mol. The van der Waals surface area contributed by atoms with Gasteiger partial charge in [-0.1, -0.05) is 229 Å². The summed E-state index contributed by atoms with van der Waals surface area (Å²) in [6.07, 6.45) is 0. The first-order chi connectivity index (χ1) is 64.3. The third kappa shape index (κ3) is 30.4. The van der Waals surface area contributed by atoms with Crippen LogP contribution in [-0.2, 0) is 0 Å². The van der Waals surface area contributed by atoms with E-state index in [1.165, 1.54) is 84.9 Å². The molecule has 0 fully saturated rings. The van der Waals surface area contributed by atoms with Crippen LogP contribution in [0, 0.1) is 18.3 Å². The van der Waals surface area contributed by atoms with Gasteiger partial charge in [-0.3, -0.25) is 38.4 Å². The minimum atomic E-state index is -1.01. The van der Waals surface area contributed by atoms with Crippen molar-refractivity contribution in [2.45, 2.75) is 11.8 Å². The molecule has 17 rings (SSSR count). The van der Waals surface area contributed by atoms with Crippen LogP contribution < -0.4 is 4.74 Å². The lowest BCUT2D eigenvalue weighted by Gasteiger charge is -2.04. The van der Waals surface area contributed by atoms with E-state index in [1.807, 2.05) is 213 Å². The second-order valence-electron chi connectivity index (χ2n) is 29.0. The van der Waals surface area contributed by atoms with E-state index in [0.717, 1.165) is 32.7 Å². The molecule has 0 saturated carbocycles. The number of aromatic carboxylic acids is 1. The van der Waals surface area contributed by atoms with E-state index in [0.29, 0.717) is 94.2 Å². The van der Waals surface area contributed by atoms with E-state index < -0.39 is 5.97 Å². The van der Waals surface area contributed by atoms with Crippen molar-refractivity contribution in [1.29, 1.82) is 5.26 Å². The van der Waals surface area contributed by atoms with Gasteiger partial charge in [-0.15, -0.1) is 12.6 Å². The topological polar surface area (TPSA) is 308 Å². The summed E-state index contributed by atoms with van der Waals surface area (Å²) in [7, 11) is 1.58. The Morgan fingerprint density at radius 3 is 0.684 bits per heavy atom. The fourth-order valence-corrected chi connectivity index (χ4v) is 12.6. The largest absolute Gasteiger partial charge is 0.508 e. The van der Waals surface area contributed by atoms with Gasteiger partial charge in [0, 0.05) is 98.9 Å². The Kier molecular flexibility index (Phi) is 36.8. The number of ether oxygens (including phenoxy) is 1. The van der Waals surface area contributed by atoms with Gasteiger partial charge in [-0.05, 0) is 249 Å². The lowest BCUT2D eigenvalue weighted by atomic mass is 9.99. The molecule has 0 aliphatic carbocycles. The normalized spacial score (nSPS) is 9.95. The third-order valence-electron chi connectivity index (χ3n) is 19.6. The summed E-state index contributed by atoms with van der Waals surface area (Å²) in [5, 5.41) is 63.7. The minimum Gasteiger partial charge on any atom is -0.508 e. The first kappa shape index (κ1) is 97.7. The van der Waals surface area contributed by atoms with Gasteiger partial charge < -0.3 is 35.4 Å². The first-order valence-electron chi connectivity index (χ1n) is 41.1. The van der Waals surface area contributed by atoms with Crippen LogP contribution in [0.25, 0.3) is 11.1 Å². The molecule has 17 aromatic carbocycles. The summed E-state index contributed by atoms with van der Waals surface area (Å²) in [5.41, 5.74) is 13.7. The molecule has 19 heteroatoms. The number of carbonyl (C=O) groups excluding carboxylic acids is 8. The van der Waals surface area contributed by atoms with E-state index in [-0.39, 0.29) is 80.6 Å². The molecule has 656 valence electrons. The molecular weight excluding hydrogens is 1710 g/mol. The van der Waals surface area contributed by atoms with Gasteiger partial charge in [0.2, 0.25) is 0 Å².